The molecule has 0 spiro atoms. The van der Waals surface area contributed by atoms with Crippen LogP contribution in [0.3, 0.4) is 0 Å². The third kappa shape index (κ3) is 6.38. The minimum Gasteiger partial charge on any atom is -0.454 e. The minimum atomic E-state index is -1.24. The van der Waals surface area contributed by atoms with E-state index in [0.29, 0.717) is 0 Å². The molecule has 35 heavy (non-hydrogen) atoms. The molecule has 0 saturated heterocycles. The smallest absolute Gasteiger partial charge is 0.339 e. The summed E-state index contributed by atoms with van der Waals surface area (Å²) in [5, 5.41) is 11.1. The van der Waals surface area contributed by atoms with Gasteiger partial charge in [0.25, 0.3) is 5.69 Å². The van der Waals surface area contributed by atoms with Gasteiger partial charge in [0.1, 0.15) is 11.6 Å². The number of benzene rings is 3. The predicted molar refractivity (Wildman–Crippen MR) is 115 cm³/mol. The second-order valence-corrected chi connectivity index (χ2v) is 7.00. The largest absolute Gasteiger partial charge is 0.454 e. The molecule has 0 unspecified atom stereocenters. The molecule has 0 aliphatic heterocycles. The zero-order chi connectivity index (χ0) is 25.5. The maximum atomic E-state index is 13.0. The predicted octanol–water partition coefficient (Wildman–Crippen LogP) is 3.95. The summed E-state index contributed by atoms with van der Waals surface area (Å²) in [5.41, 5.74) is -1.42. The van der Waals surface area contributed by atoms with Gasteiger partial charge >= 0.3 is 11.9 Å². The first kappa shape index (κ1) is 24.8. The summed E-state index contributed by atoms with van der Waals surface area (Å²) in [6, 6.07) is 11.6. The number of nitrogens with zero attached hydrogens (tertiary/aromatic N) is 1. The SMILES string of the molecule is O=C(COC(=O)c1ccc([N+](=O)[O-])cc1C(=O)OCC(=O)c1ccc(F)cc1)c1ccc(F)cc1. The molecule has 0 saturated carbocycles. The van der Waals surface area contributed by atoms with Crippen molar-refractivity contribution in [3.63, 3.8) is 0 Å². The summed E-state index contributed by atoms with van der Waals surface area (Å²) in [6.07, 6.45) is 0. The number of esters is 2. The van der Waals surface area contributed by atoms with Crippen LogP contribution in [-0.4, -0.2) is 41.6 Å². The highest BCUT2D eigenvalue weighted by Gasteiger charge is 2.24. The lowest BCUT2D eigenvalue weighted by atomic mass is 10.1. The number of nitro groups is 1. The van der Waals surface area contributed by atoms with Crippen LogP contribution >= 0.6 is 0 Å². The summed E-state index contributed by atoms with van der Waals surface area (Å²) in [7, 11) is 0. The first-order valence-corrected chi connectivity index (χ1v) is 9.86. The van der Waals surface area contributed by atoms with Crippen molar-refractivity contribution in [1.29, 1.82) is 0 Å². The van der Waals surface area contributed by atoms with Gasteiger partial charge in [0.2, 0.25) is 0 Å². The van der Waals surface area contributed by atoms with Gasteiger partial charge in [0.05, 0.1) is 16.1 Å². The van der Waals surface area contributed by atoms with Crippen molar-refractivity contribution in [2.45, 2.75) is 0 Å². The Morgan fingerprint density at radius 3 is 1.54 bits per heavy atom. The van der Waals surface area contributed by atoms with E-state index in [9.17, 15) is 38.1 Å². The summed E-state index contributed by atoms with van der Waals surface area (Å²) in [5.74, 6) is -4.87. The molecular weight excluding hydrogens is 468 g/mol. The third-order valence-electron chi connectivity index (χ3n) is 4.65. The van der Waals surface area contributed by atoms with Crippen molar-refractivity contribution in [1.82, 2.24) is 0 Å². The lowest BCUT2D eigenvalue weighted by Gasteiger charge is -2.10. The van der Waals surface area contributed by atoms with E-state index in [1.807, 2.05) is 0 Å². The van der Waals surface area contributed by atoms with Gasteiger partial charge in [0, 0.05) is 23.3 Å². The van der Waals surface area contributed by atoms with E-state index in [4.69, 9.17) is 9.47 Å². The minimum absolute atomic E-state index is 0.0529. The van der Waals surface area contributed by atoms with Crippen LogP contribution < -0.4 is 0 Å². The number of carbonyl (C=O) groups excluding carboxylic acids is 4. The first-order chi connectivity index (χ1) is 16.7. The van der Waals surface area contributed by atoms with E-state index < -0.39 is 70.1 Å². The number of non-ortho nitro benzene ring substituents is 1. The second-order valence-electron chi connectivity index (χ2n) is 7.00. The van der Waals surface area contributed by atoms with E-state index in [2.05, 4.69) is 0 Å². The monoisotopic (exact) mass is 483 g/mol. The molecule has 0 atom stereocenters. The Balaban J connectivity index is 1.74. The average Bonchev–Trinajstić information content (AvgIpc) is 2.85. The lowest BCUT2D eigenvalue weighted by molar-refractivity contribution is -0.384. The molecule has 11 heteroatoms. The molecule has 0 N–H and O–H groups in total. The second kappa shape index (κ2) is 10.9. The number of hydrogen-bond donors (Lipinski definition) is 0. The molecule has 0 amide bonds. The van der Waals surface area contributed by atoms with Crippen molar-refractivity contribution in [3.8, 4) is 0 Å². The Labute approximate surface area is 196 Å². The Hall–Kier alpha value is -4.80. The van der Waals surface area contributed by atoms with E-state index in [1.54, 1.807) is 0 Å². The van der Waals surface area contributed by atoms with Gasteiger partial charge in [-0.3, -0.25) is 19.7 Å². The molecule has 3 rings (SSSR count). The standard InChI is InChI=1S/C24H15F2NO8/c25-16-5-1-14(2-6-16)21(28)12-34-23(30)19-10-9-18(27(32)33)11-20(19)24(31)35-13-22(29)15-3-7-17(26)8-4-15/h1-11H,12-13H2. The number of hydrogen-bond acceptors (Lipinski definition) is 8. The fraction of sp³-hybridized carbons (Fsp3) is 0.0833. The van der Waals surface area contributed by atoms with E-state index in [0.717, 1.165) is 42.5 Å². The summed E-state index contributed by atoms with van der Waals surface area (Å²) in [6.45, 7) is -1.54. The van der Waals surface area contributed by atoms with Crippen LogP contribution in [0.4, 0.5) is 14.5 Å². The fourth-order valence-corrected chi connectivity index (χ4v) is 2.85. The molecule has 0 radical (unpaired) electrons. The van der Waals surface area contributed by atoms with Crippen molar-refractivity contribution in [3.05, 3.63) is 111 Å². The van der Waals surface area contributed by atoms with Crippen molar-refractivity contribution >= 4 is 29.2 Å². The van der Waals surface area contributed by atoms with E-state index in [-0.39, 0.29) is 11.1 Å². The topological polar surface area (TPSA) is 130 Å². The maximum absolute atomic E-state index is 13.0. The van der Waals surface area contributed by atoms with Crippen LogP contribution in [-0.2, 0) is 9.47 Å². The fourth-order valence-electron chi connectivity index (χ4n) is 2.85. The molecule has 178 valence electrons. The Morgan fingerprint density at radius 2 is 1.11 bits per heavy atom. The number of halogens is 2. The number of Topliss-reactive ketones (excluding diaryl/α,β-unsaturated/α-hetero) is 2. The Morgan fingerprint density at radius 1 is 0.686 bits per heavy atom. The summed E-state index contributed by atoms with van der Waals surface area (Å²) >= 11 is 0. The number of ether oxygens (including phenoxy) is 2. The number of ketones is 2. The third-order valence-corrected chi connectivity index (χ3v) is 4.65. The van der Waals surface area contributed by atoms with Crippen LogP contribution in [0.2, 0.25) is 0 Å². The van der Waals surface area contributed by atoms with E-state index in [1.165, 1.54) is 24.3 Å². The molecular formula is C24H15F2NO8. The molecule has 3 aromatic carbocycles. The molecule has 0 bridgehead atoms. The molecule has 0 aromatic heterocycles. The molecule has 3 aromatic rings. The lowest BCUT2D eigenvalue weighted by Crippen LogP contribution is -2.20. The molecule has 0 aliphatic carbocycles. The highest BCUT2D eigenvalue weighted by atomic mass is 19.1. The summed E-state index contributed by atoms with van der Waals surface area (Å²) < 4.78 is 35.8. The number of carbonyl (C=O) groups is 4. The number of nitro benzene ring substituents is 1. The highest BCUT2D eigenvalue weighted by Crippen LogP contribution is 2.20. The van der Waals surface area contributed by atoms with Crippen LogP contribution in [0.25, 0.3) is 0 Å². The van der Waals surface area contributed by atoms with E-state index >= 15 is 0 Å². The molecule has 0 heterocycles. The number of rotatable bonds is 9. The van der Waals surface area contributed by atoms with Crippen molar-refractivity contribution in [2.24, 2.45) is 0 Å². The first-order valence-electron chi connectivity index (χ1n) is 9.86. The molecule has 0 aliphatic rings. The van der Waals surface area contributed by atoms with Gasteiger partial charge < -0.3 is 9.47 Å². The van der Waals surface area contributed by atoms with Crippen molar-refractivity contribution < 1.29 is 42.4 Å². The van der Waals surface area contributed by atoms with Crippen LogP contribution in [0.5, 0.6) is 0 Å². The van der Waals surface area contributed by atoms with Crippen molar-refractivity contribution in [2.75, 3.05) is 13.2 Å². The average molecular weight is 483 g/mol. The Bertz CT molecular complexity index is 1300. The van der Waals surface area contributed by atoms with Gasteiger partial charge in [-0.15, -0.1) is 0 Å². The zero-order valence-electron chi connectivity index (χ0n) is 17.7. The maximum Gasteiger partial charge on any atom is 0.339 e. The van der Waals surface area contributed by atoms with Crippen LogP contribution in [0.1, 0.15) is 41.4 Å². The van der Waals surface area contributed by atoms with Gasteiger partial charge in [-0.25, -0.2) is 18.4 Å². The molecule has 0 fully saturated rings. The Kier molecular flexibility index (Phi) is 7.72. The highest BCUT2D eigenvalue weighted by molar-refractivity contribution is 6.06. The molecule has 9 nitrogen and oxygen atoms in total. The van der Waals surface area contributed by atoms with Gasteiger partial charge in [-0.1, -0.05) is 0 Å². The normalized spacial score (nSPS) is 10.3. The van der Waals surface area contributed by atoms with Crippen LogP contribution in [0.15, 0.2) is 66.7 Å². The van der Waals surface area contributed by atoms with Crippen LogP contribution in [0, 0.1) is 21.7 Å². The van der Waals surface area contributed by atoms with Gasteiger partial charge in [-0.2, -0.15) is 0 Å². The summed E-state index contributed by atoms with van der Waals surface area (Å²) in [4.78, 5) is 59.7. The van der Waals surface area contributed by atoms with Gasteiger partial charge in [0.15, 0.2) is 24.8 Å². The van der Waals surface area contributed by atoms with Gasteiger partial charge in [-0.05, 0) is 54.6 Å². The quantitative estimate of drug-likeness (QED) is 0.194. The zero-order valence-corrected chi connectivity index (χ0v) is 17.7.